The largest absolute Gasteiger partial charge is 0.395 e. The van der Waals surface area contributed by atoms with Crippen molar-refractivity contribution >= 4 is 27.6 Å². The number of nitrogens with zero attached hydrogens (tertiary/aromatic N) is 1. The number of hydrogen-bond donors (Lipinski definition) is 3. The Labute approximate surface area is 127 Å². The van der Waals surface area contributed by atoms with Crippen LogP contribution in [0.5, 0.6) is 0 Å². The van der Waals surface area contributed by atoms with Gasteiger partial charge in [0, 0.05) is 36.3 Å². The Kier molecular flexibility index (Phi) is 5.67. The first-order valence-electron chi connectivity index (χ1n) is 6.82. The standard InChI is InChI=1S/C14H20BrN3O2/c15-12-2-1-3-13(8-12)18-6-4-11(10-18)9-17-14(20)16-5-7-19/h1-3,8,11,19H,4-7,9-10H2,(H2,16,17,20). The van der Waals surface area contributed by atoms with Gasteiger partial charge in [0.25, 0.3) is 0 Å². The van der Waals surface area contributed by atoms with E-state index in [-0.39, 0.29) is 12.6 Å². The molecule has 1 aliphatic heterocycles. The minimum absolute atomic E-state index is 0.0342. The molecule has 3 N–H and O–H groups in total. The third-order valence-corrected chi connectivity index (χ3v) is 3.90. The number of hydrogen-bond acceptors (Lipinski definition) is 3. The summed E-state index contributed by atoms with van der Waals surface area (Å²) in [5, 5.41) is 14.1. The first-order valence-corrected chi connectivity index (χ1v) is 7.61. The van der Waals surface area contributed by atoms with Gasteiger partial charge in [0.2, 0.25) is 0 Å². The van der Waals surface area contributed by atoms with Gasteiger partial charge in [-0.05, 0) is 30.5 Å². The highest BCUT2D eigenvalue weighted by Gasteiger charge is 2.23. The third-order valence-electron chi connectivity index (χ3n) is 3.41. The number of rotatable bonds is 5. The van der Waals surface area contributed by atoms with Crippen LogP contribution in [0.25, 0.3) is 0 Å². The molecular formula is C14H20BrN3O2. The Hall–Kier alpha value is -1.27. The number of halogens is 1. The molecule has 0 aromatic heterocycles. The fourth-order valence-electron chi connectivity index (χ4n) is 2.38. The van der Waals surface area contributed by atoms with Crippen molar-refractivity contribution in [2.75, 3.05) is 37.7 Å². The molecule has 1 aromatic rings. The summed E-state index contributed by atoms with van der Waals surface area (Å²) in [6.07, 6.45) is 1.08. The lowest BCUT2D eigenvalue weighted by Gasteiger charge is -2.19. The summed E-state index contributed by atoms with van der Waals surface area (Å²) < 4.78 is 1.08. The first kappa shape index (κ1) is 15.1. The molecule has 0 radical (unpaired) electrons. The number of aliphatic hydroxyl groups excluding tert-OH is 1. The van der Waals surface area contributed by atoms with E-state index in [0.29, 0.717) is 19.0 Å². The van der Waals surface area contributed by atoms with Crippen LogP contribution in [-0.2, 0) is 0 Å². The van der Waals surface area contributed by atoms with Crippen LogP contribution in [0.3, 0.4) is 0 Å². The second kappa shape index (κ2) is 7.50. The quantitative estimate of drug-likeness (QED) is 0.761. The van der Waals surface area contributed by atoms with Crippen molar-refractivity contribution in [3.63, 3.8) is 0 Å². The molecule has 0 saturated carbocycles. The van der Waals surface area contributed by atoms with E-state index in [1.54, 1.807) is 0 Å². The van der Waals surface area contributed by atoms with E-state index in [4.69, 9.17) is 5.11 Å². The maximum absolute atomic E-state index is 11.4. The lowest BCUT2D eigenvalue weighted by atomic mass is 10.1. The van der Waals surface area contributed by atoms with Crippen molar-refractivity contribution in [3.05, 3.63) is 28.7 Å². The number of carbonyl (C=O) groups is 1. The molecule has 0 aliphatic carbocycles. The molecule has 1 fully saturated rings. The highest BCUT2D eigenvalue weighted by Crippen LogP contribution is 2.25. The minimum atomic E-state index is -0.208. The summed E-state index contributed by atoms with van der Waals surface area (Å²) in [7, 11) is 0. The molecule has 1 aliphatic rings. The van der Waals surface area contributed by atoms with E-state index in [0.717, 1.165) is 24.0 Å². The molecule has 1 atom stereocenters. The zero-order valence-corrected chi connectivity index (χ0v) is 12.9. The average Bonchev–Trinajstić information content (AvgIpc) is 2.92. The van der Waals surface area contributed by atoms with Gasteiger partial charge in [-0.2, -0.15) is 0 Å². The van der Waals surface area contributed by atoms with Crippen LogP contribution in [0.1, 0.15) is 6.42 Å². The third kappa shape index (κ3) is 4.38. The highest BCUT2D eigenvalue weighted by molar-refractivity contribution is 9.10. The van der Waals surface area contributed by atoms with Gasteiger partial charge in [-0.25, -0.2) is 4.79 Å². The van der Waals surface area contributed by atoms with Crippen LogP contribution in [0.15, 0.2) is 28.7 Å². The van der Waals surface area contributed by atoms with Crippen molar-refractivity contribution in [3.8, 4) is 0 Å². The van der Waals surface area contributed by atoms with Crippen LogP contribution in [0.4, 0.5) is 10.5 Å². The van der Waals surface area contributed by atoms with Crippen LogP contribution < -0.4 is 15.5 Å². The van der Waals surface area contributed by atoms with Crippen LogP contribution >= 0.6 is 15.9 Å². The summed E-state index contributed by atoms with van der Waals surface area (Å²) in [6.45, 7) is 2.90. The molecule has 1 heterocycles. The Balaban J connectivity index is 1.76. The summed E-state index contributed by atoms with van der Waals surface area (Å²) in [5.74, 6) is 0.467. The van der Waals surface area contributed by atoms with Gasteiger partial charge in [0.15, 0.2) is 0 Å². The maximum atomic E-state index is 11.4. The topological polar surface area (TPSA) is 64.6 Å². The van der Waals surface area contributed by atoms with Gasteiger partial charge in [-0.3, -0.25) is 0 Å². The molecule has 1 unspecified atom stereocenters. The van der Waals surface area contributed by atoms with Crippen molar-refractivity contribution in [1.82, 2.24) is 10.6 Å². The van der Waals surface area contributed by atoms with Gasteiger partial charge < -0.3 is 20.6 Å². The number of urea groups is 1. The number of amides is 2. The first-order chi connectivity index (χ1) is 9.69. The molecule has 0 bridgehead atoms. The smallest absolute Gasteiger partial charge is 0.314 e. The summed E-state index contributed by atoms with van der Waals surface area (Å²) >= 11 is 3.49. The maximum Gasteiger partial charge on any atom is 0.314 e. The van der Waals surface area contributed by atoms with Gasteiger partial charge in [0.1, 0.15) is 0 Å². The Morgan fingerprint density at radius 2 is 2.30 bits per heavy atom. The Bertz CT molecular complexity index is 456. The van der Waals surface area contributed by atoms with Crippen molar-refractivity contribution in [2.24, 2.45) is 5.92 Å². The number of benzene rings is 1. The zero-order chi connectivity index (χ0) is 14.4. The molecule has 2 rings (SSSR count). The predicted octanol–water partition coefficient (Wildman–Crippen LogP) is 1.57. The zero-order valence-electron chi connectivity index (χ0n) is 11.3. The second-order valence-corrected chi connectivity index (χ2v) is 5.86. The molecule has 1 saturated heterocycles. The van der Waals surface area contributed by atoms with Crippen molar-refractivity contribution in [1.29, 1.82) is 0 Å². The minimum Gasteiger partial charge on any atom is -0.395 e. The number of nitrogens with one attached hydrogen (secondary N) is 2. The number of aliphatic hydroxyl groups is 1. The highest BCUT2D eigenvalue weighted by atomic mass is 79.9. The van der Waals surface area contributed by atoms with E-state index in [1.807, 2.05) is 12.1 Å². The van der Waals surface area contributed by atoms with Gasteiger partial charge in [0.05, 0.1) is 6.61 Å². The van der Waals surface area contributed by atoms with E-state index in [9.17, 15) is 4.79 Å². The molecule has 5 nitrogen and oxygen atoms in total. The van der Waals surface area contributed by atoms with E-state index in [2.05, 4.69) is 43.6 Å². The lowest BCUT2D eigenvalue weighted by molar-refractivity contribution is 0.233. The molecule has 1 aromatic carbocycles. The van der Waals surface area contributed by atoms with Crippen LogP contribution in [0, 0.1) is 5.92 Å². The summed E-state index contributed by atoms with van der Waals surface area (Å²) in [4.78, 5) is 13.7. The fourth-order valence-corrected chi connectivity index (χ4v) is 2.76. The number of anilines is 1. The predicted molar refractivity (Wildman–Crippen MR) is 82.9 cm³/mol. The van der Waals surface area contributed by atoms with Crippen LogP contribution in [-0.4, -0.2) is 43.9 Å². The number of carbonyl (C=O) groups excluding carboxylic acids is 1. The molecule has 2 amide bonds. The SMILES string of the molecule is O=C(NCCO)NCC1CCN(c2cccc(Br)c2)C1. The van der Waals surface area contributed by atoms with Crippen molar-refractivity contribution in [2.45, 2.75) is 6.42 Å². The van der Waals surface area contributed by atoms with Gasteiger partial charge in [-0.1, -0.05) is 22.0 Å². The van der Waals surface area contributed by atoms with Crippen molar-refractivity contribution < 1.29 is 9.90 Å². The Morgan fingerprint density at radius 3 is 3.05 bits per heavy atom. The second-order valence-electron chi connectivity index (χ2n) is 4.94. The molecular weight excluding hydrogens is 322 g/mol. The van der Waals surface area contributed by atoms with Crippen LogP contribution in [0.2, 0.25) is 0 Å². The summed E-state index contributed by atoms with van der Waals surface area (Å²) in [5.41, 5.74) is 1.21. The average molecular weight is 342 g/mol. The molecule has 0 spiro atoms. The fraction of sp³-hybridized carbons (Fsp3) is 0.500. The van der Waals surface area contributed by atoms with Gasteiger partial charge >= 0.3 is 6.03 Å². The molecule has 110 valence electrons. The Morgan fingerprint density at radius 1 is 1.45 bits per heavy atom. The van der Waals surface area contributed by atoms with E-state index < -0.39 is 0 Å². The normalized spacial score (nSPS) is 18.1. The van der Waals surface area contributed by atoms with Gasteiger partial charge in [-0.15, -0.1) is 0 Å². The van der Waals surface area contributed by atoms with E-state index in [1.165, 1.54) is 5.69 Å². The summed E-state index contributed by atoms with van der Waals surface area (Å²) in [6, 6.07) is 8.07. The lowest BCUT2D eigenvalue weighted by Crippen LogP contribution is -2.39. The molecule has 20 heavy (non-hydrogen) atoms. The van der Waals surface area contributed by atoms with E-state index >= 15 is 0 Å². The molecule has 6 heteroatoms. The monoisotopic (exact) mass is 341 g/mol.